The van der Waals surface area contributed by atoms with Crippen LogP contribution in [0.1, 0.15) is 31.4 Å². The minimum Gasteiger partial charge on any atom is -0.497 e. The van der Waals surface area contributed by atoms with E-state index in [2.05, 4.69) is 4.74 Å². The maximum Gasteiger partial charge on any atom is 0.305 e. The van der Waals surface area contributed by atoms with Crippen LogP contribution >= 0.6 is 0 Å². The van der Waals surface area contributed by atoms with Crippen LogP contribution in [-0.2, 0) is 9.53 Å². The Morgan fingerprint density at radius 3 is 2.68 bits per heavy atom. The molecule has 1 rings (SSSR count). The van der Waals surface area contributed by atoms with E-state index in [-0.39, 0.29) is 5.97 Å². The lowest BCUT2D eigenvalue weighted by molar-refractivity contribution is -0.140. The van der Waals surface area contributed by atoms with Crippen LogP contribution in [0.2, 0.25) is 0 Å². The van der Waals surface area contributed by atoms with Crippen molar-refractivity contribution in [1.29, 1.82) is 0 Å². The van der Waals surface area contributed by atoms with E-state index in [4.69, 9.17) is 9.47 Å². The Morgan fingerprint density at radius 1 is 1.37 bits per heavy atom. The van der Waals surface area contributed by atoms with E-state index in [0.29, 0.717) is 36.5 Å². The number of aliphatic hydroxyl groups excluding tert-OH is 1. The van der Waals surface area contributed by atoms with Crippen molar-refractivity contribution in [3.8, 4) is 11.5 Å². The third-order valence-corrected chi connectivity index (χ3v) is 2.68. The highest BCUT2D eigenvalue weighted by Crippen LogP contribution is 2.29. The number of methoxy groups -OCH3 is 2. The molecule has 0 heterocycles. The molecule has 106 valence electrons. The monoisotopic (exact) mass is 268 g/mol. The summed E-state index contributed by atoms with van der Waals surface area (Å²) < 4.78 is 15.3. The summed E-state index contributed by atoms with van der Waals surface area (Å²) in [7, 11) is 2.93. The molecule has 5 nitrogen and oxygen atoms in total. The van der Waals surface area contributed by atoms with Gasteiger partial charge in [0.2, 0.25) is 0 Å². The molecule has 1 aromatic carbocycles. The molecule has 5 heteroatoms. The zero-order valence-electron chi connectivity index (χ0n) is 11.5. The molecular formula is C14H20O5. The van der Waals surface area contributed by atoms with E-state index >= 15 is 0 Å². The molecule has 0 radical (unpaired) electrons. The number of carbonyl (C=O) groups is 1. The van der Waals surface area contributed by atoms with E-state index in [0.717, 1.165) is 0 Å². The first-order chi connectivity index (χ1) is 9.08. The first kappa shape index (κ1) is 15.3. The molecule has 0 saturated carbocycles. The van der Waals surface area contributed by atoms with Gasteiger partial charge < -0.3 is 19.3 Å². The fourth-order valence-corrected chi connectivity index (χ4v) is 1.61. The molecule has 0 spiro atoms. The molecule has 0 amide bonds. The van der Waals surface area contributed by atoms with Crippen molar-refractivity contribution in [2.24, 2.45) is 0 Å². The molecule has 1 aromatic rings. The van der Waals surface area contributed by atoms with Crippen LogP contribution in [-0.4, -0.2) is 31.9 Å². The predicted molar refractivity (Wildman–Crippen MR) is 70.4 cm³/mol. The molecule has 0 bridgehead atoms. The van der Waals surface area contributed by atoms with Crippen molar-refractivity contribution in [3.63, 3.8) is 0 Å². The molecule has 0 unspecified atom stereocenters. The standard InChI is InChI=1S/C14H20O5/c1-10(15)12-7-6-11(17-2)9-13(12)19-8-4-5-14(16)18-3/h6-7,9-10,15H,4-5,8H2,1-3H3/t10-/m0/s1. The van der Waals surface area contributed by atoms with E-state index in [1.807, 2.05) is 0 Å². The van der Waals surface area contributed by atoms with E-state index in [1.54, 1.807) is 32.2 Å². The van der Waals surface area contributed by atoms with E-state index in [9.17, 15) is 9.90 Å². The van der Waals surface area contributed by atoms with Gasteiger partial charge in [0.15, 0.2) is 0 Å². The van der Waals surface area contributed by atoms with Crippen molar-refractivity contribution in [2.45, 2.75) is 25.9 Å². The molecule has 0 aliphatic heterocycles. The highest BCUT2D eigenvalue weighted by atomic mass is 16.5. The maximum atomic E-state index is 11.0. The summed E-state index contributed by atoms with van der Waals surface area (Å²) in [5, 5.41) is 9.66. The van der Waals surface area contributed by atoms with Crippen molar-refractivity contribution < 1.29 is 24.1 Å². The molecule has 19 heavy (non-hydrogen) atoms. The number of rotatable bonds is 7. The molecular weight excluding hydrogens is 248 g/mol. The summed E-state index contributed by atoms with van der Waals surface area (Å²) in [5.41, 5.74) is 0.693. The first-order valence-electron chi connectivity index (χ1n) is 6.14. The number of esters is 1. The van der Waals surface area contributed by atoms with Crippen LogP contribution in [0.15, 0.2) is 18.2 Å². The highest BCUT2D eigenvalue weighted by molar-refractivity contribution is 5.69. The second kappa shape index (κ2) is 7.63. The van der Waals surface area contributed by atoms with Crippen LogP contribution in [0.25, 0.3) is 0 Å². The Hall–Kier alpha value is -1.75. The molecule has 0 aliphatic carbocycles. The number of aliphatic hydroxyl groups is 1. The van der Waals surface area contributed by atoms with Gasteiger partial charge in [-0.3, -0.25) is 4.79 Å². The molecule has 0 aliphatic rings. The van der Waals surface area contributed by atoms with Gasteiger partial charge in [-0.1, -0.05) is 0 Å². The fraction of sp³-hybridized carbons (Fsp3) is 0.500. The van der Waals surface area contributed by atoms with Crippen LogP contribution in [0.5, 0.6) is 11.5 Å². The first-order valence-corrected chi connectivity index (χ1v) is 6.14. The molecule has 0 saturated heterocycles. The lowest BCUT2D eigenvalue weighted by Gasteiger charge is -2.14. The molecule has 1 atom stereocenters. The zero-order valence-corrected chi connectivity index (χ0v) is 11.5. The lowest BCUT2D eigenvalue weighted by atomic mass is 10.1. The number of carbonyl (C=O) groups excluding carboxylic acids is 1. The van der Waals surface area contributed by atoms with Gasteiger partial charge in [0, 0.05) is 18.1 Å². The molecule has 0 fully saturated rings. The fourth-order valence-electron chi connectivity index (χ4n) is 1.61. The Bertz CT molecular complexity index is 414. The summed E-state index contributed by atoms with van der Waals surface area (Å²) >= 11 is 0. The average molecular weight is 268 g/mol. The maximum absolute atomic E-state index is 11.0. The van der Waals surface area contributed by atoms with Crippen LogP contribution in [0.4, 0.5) is 0 Å². The number of hydrogen-bond acceptors (Lipinski definition) is 5. The van der Waals surface area contributed by atoms with Gasteiger partial charge in [-0.15, -0.1) is 0 Å². The van der Waals surface area contributed by atoms with Gasteiger partial charge in [0.1, 0.15) is 11.5 Å². The summed E-state index contributed by atoms with van der Waals surface area (Å²) in [6, 6.07) is 5.25. The van der Waals surface area contributed by atoms with E-state index in [1.165, 1.54) is 7.11 Å². The summed E-state index contributed by atoms with van der Waals surface area (Å²) in [6.45, 7) is 2.05. The highest BCUT2D eigenvalue weighted by Gasteiger charge is 2.11. The normalized spacial score (nSPS) is 11.8. The van der Waals surface area contributed by atoms with Crippen LogP contribution in [0, 0.1) is 0 Å². The van der Waals surface area contributed by atoms with Crippen molar-refractivity contribution in [1.82, 2.24) is 0 Å². The number of ether oxygens (including phenoxy) is 3. The second-order valence-electron chi connectivity index (χ2n) is 4.11. The Morgan fingerprint density at radius 2 is 2.11 bits per heavy atom. The lowest BCUT2D eigenvalue weighted by Crippen LogP contribution is -2.06. The quantitative estimate of drug-likeness (QED) is 0.606. The zero-order chi connectivity index (χ0) is 14.3. The smallest absolute Gasteiger partial charge is 0.305 e. The second-order valence-corrected chi connectivity index (χ2v) is 4.11. The minimum atomic E-state index is -0.624. The number of benzene rings is 1. The Balaban J connectivity index is 2.62. The third-order valence-electron chi connectivity index (χ3n) is 2.68. The van der Waals surface area contributed by atoms with E-state index < -0.39 is 6.10 Å². The Kier molecular flexibility index (Phi) is 6.15. The predicted octanol–water partition coefficient (Wildman–Crippen LogP) is 2.08. The molecule has 0 aromatic heterocycles. The molecule has 1 N–H and O–H groups in total. The van der Waals surface area contributed by atoms with Gasteiger partial charge in [0.25, 0.3) is 0 Å². The SMILES string of the molecule is COC(=O)CCCOc1cc(OC)ccc1[C@H](C)O. The van der Waals surface area contributed by atoms with Gasteiger partial charge in [-0.05, 0) is 25.5 Å². The third kappa shape index (κ3) is 4.79. The summed E-state index contributed by atoms with van der Waals surface area (Å²) in [4.78, 5) is 11.0. The van der Waals surface area contributed by atoms with Crippen molar-refractivity contribution in [2.75, 3.05) is 20.8 Å². The Labute approximate surface area is 113 Å². The van der Waals surface area contributed by atoms with Crippen molar-refractivity contribution >= 4 is 5.97 Å². The average Bonchev–Trinajstić information content (AvgIpc) is 2.42. The topological polar surface area (TPSA) is 65.0 Å². The van der Waals surface area contributed by atoms with Crippen LogP contribution < -0.4 is 9.47 Å². The number of hydrogen-bond donors (Lipinski definition) is 1. The summed E-state index contributed by atoms with van der Waals surface area (Å²) in [6.07, 6.45) is 0.245. The van der Waals surface area contributed by atoms with Crippen LogP contribution in [0.3, 0.4) is 0 Å². The van der Waals surface area contributed by atoms with Gasteiger partial charge in [0.05, 0.1) is 26.9 Å². The van der Waals surface area contributed by atoms with Gasteiger partial charge >= 0.3 is 5.97 Å². The minimum absolute atomic E-state index is 0.259. The van der Waals surface area contributed by atoms with Gasteiger partial charge in [-0.25, -0.2) is 0 Å². The summed E-state index contributed by atoms with van der Waals surface area (Å²) in [5.74, 6) is 0.969. The largest absolute Gasteiger partial charge is 0.497 e. The van der Waals surface area contributed by atoms with Gasteiger partial charge in [-0.2, -0.15) is 0 Å². The van der Waals surface area contributed by atoms with Crippen molar-refractivity contribution in [3.05, 3.63) is 23.8 Å².